The number of sulfone groups is 1. The standard InChI is InChI=1S/C15H26NO3S/c1-4-6-9-14(5-2)12-19-16-11-8-7-10-15(16)13-20(3,17)18/h7-8,10-11,14H,4-6,9,12-13H2,1-3H3/q+1. The van der Waals surface area contributed by atoms with Gasteiger partial charge in [-0.1, -0.05) is 26.7 Å². The van der Waals surface area contributed by atoms with Crippen molar-refractivity contribution in [3.05, 3.63) is 30.1 Å². The zero-order valence-corrected chi connectivity index (χ0v) is 13.5. The van der Waals surface area contributed by atoms with Gasteiger partial charge in [-0.3, -0.25) is 4.84 Å². The van der Waals surface area contributed by atoms with E-state index in [0.29, 0.717) is 18.2 Å². The van der Waals surface area contributed by atoms with E-state index in [1.807, 2.05) is 12.1 Å². The molecule has 0 saturated heterocycles. The summed E-state index contributed by atoms with van der Waals surface area (Å²) in [5.41, 5.74) is 0.667. The number of pyridine rings is 1. The van der Waals surface area contributed by atoms with Gasteiger partial charge >= 0.3 is 0 Å². The van der Waals surface area contributed by atoms with Gasteiger partial charge < -0.3 is 0 Å². The van der Waals surface area contributed by atoms with Crippen molar-refractivity contribution in [2.45, 2.75) is 45.3 Å². The summed E-state index contributed by atoms with van der Waals surface area (Å²) in [4.78, 5) is 5.79. The van der Waals surface area contributed by atoms with E-state index < -0.39 is 9.84 Å². The topological polar surface area (TPSA) is 47.2 Å². The molecule has 0 spiro atoms. The second kappa shape index (κ2) is 8.25. The Balaban J connectivity index is 2.67. The lowest BCUT2D eigenvalue weighted by molar-refractivity contribution is -0.896. The van der Waals surface area contributed by atoms with Crippen LogP contribution in [0, 0.1) is 5.92 Å². The van der Waals surface area contributed by atoms with Crippen LogP contribution in [0.15, 0.2) is 24.4 Å². The molecule has 1 aromatic heterocycles. The molecule has 5 heteroatoms. The van der Waals surface area contributed by atoms with E-state index in [1.165, 1.54) is 19.1 Å². The van der Waals surface area contributed by atoms with E-state index in [0.717, 1.165) is 12.8 Å². The summed E-state index contributed by atoms with van der Waals surface area (Å²) in [6.07, 6.45) is 7.63. The Bertz CT molecular complexity index is 500. The maximum Gasteiger partial charge on any atom is 0.249 e. The predicted octanol–water partition coefficient (Wildman–Crippen LogP) is 2.16. The van der Waals surface area contributed by atoms with Crippen molar-refractivity contribution >= 4 is 9.84 Å². The van der Waals surface area contributed by atoms with Gasteiger partial charge in [0, 0.05) is 23.1 Å². The molecule has 20 heavy (non-hydrogen) atoms. The molecule has 0 fully saturated rings. The molecule has 1 heterocycles. The number of nitrogens with zero attached hydrogens (tertiary/aromatic N) is 1. The van der Waals surface area contributed by atoms with E-state index in [2.05, 4.69) is 13.8 Å². The van der Waals surface area contributed by atoms with Crippen molar-refractivity contribution in [3.63, 3.8) is 0 Å². The Kier molecular flexibility index (Phi) is 6.99. The van der Waals surface area contributed by atoms with Crippen LogP contribution in [0.1, 0.15) is 45.2 Å². The fourth-order valence-electron chi connectivity index (χ4n) is 2.05. The summed E-state index contributed by atoms with van der Waals surface area (Å²) in [7, 11) is -3.06. The molecule has 114 valence electrons. The zero-order chi connectivity index (χ0) is 15.0. The molecule has 0 bridgehead atoms. The van der Waals surface area contributed by atoms with E-state index >= 15 is 0 Å². The third-order valence-electron chi connectivity index (χ3n) is 3.31. The molecule has 0 amide bonds. The minimum Gasteiger partial charge on any atom is -0.271 e. The number of hydrogen-bond donors (Lipinski definition) is 0. The van der Waals surface area contributed by atoms with Gasteiger partial charge in [0.2, 0.25) is 11.9 Å². The average molecular weight is 300 g/mol. The van der Waals surface area contributed by atoms with Crippen molar-refractivity contribution in [1.29, 1.82) is 0 Å². The Morgan fingerprint density at radius 3 is 2.65 bits per heavy atom. The van der Waals surface area contributed by atoms with Gasteiger partial charge in [0.15, 0.2) is 16.4 Å². The summed E-state index contributed by atoms with van der Waals surface area (Å²) < 4.78 is 24.4. The van der Waals surface area contributed by atoms with E-state index in [4.69, 9.17) is 4.84 Å². The second-order valence-corrected chi connectivity index (χ2v) is 7.44. The largest absolute Gasteiger partial charge is 0.271 e. The maximum atomic E-state index is 11.4. The highest BCUT2D eigenvalue weighted by Crippen LogP contribution is 2.11. The molecule has 1 aromatic rings. The van der Waals surface area contributed by atoms with Crippen LogP contribution in [-0.2, 0) is 15.6 Å². The van der Waals surface area contributed by atoms with Crippen molar-refractivity contribution in [2.75, 3.05) is 12.9 Å². The number of aromatic nitrogens is 1. The van der Waals surface area contributed by atoms with Gasteiger partial charge in [0.1, 0.15) is 5.75 Å². The Hall–Kier alpha value is -1.10. The number of unbranched alkanes of at least 4 members (excludes halogenated alkanes) is 1. The van der Waals surface area contributed by atoms with Gasteiger partial charge in [-0.25, -0.2) is 8.42 Å². The van der Waals surface area contributed by atoms with Crippen LogP contribution in [0.4, 0.5) is 0 Å². The first-order chi connectivity index (χ1) is 9.46. The summed E-state index contributed by atoms with van der Waals surface area (Å²) in [6, 6.07) is 5.46. The monoisotopic (exact) mass is 300 g/mol. The fraction of sp³-hybridized carbons (Fsp3) is 0.667. The highest BCUT2D eigenvalue weighted by atomic mass is 32.2. The van der Waals surface area contributed by atoms with E-state index in [-0.39, 0.29) is 5.75 Å². The van der Waals surface area contributed by atoms with Gasteiger partial charge in [-0.05, 0) is 24.8 Å². The van der Waals surface area contributed by atoms with Crippen LogP contribution in [0.5, 0.6) is 0 Å². The highest BCUT2D eigenvalue weighted by Gasteiger charge is 2.18. The van der Waals surface area contributed by atoms with Gasteiger partial charge in [0.05, 0.1) is 0 Å². The first-order valence-corrected chi connectivity index (χ1v) is 9.33. The Morgan fingerprint density at radius 2 is 2.05 bits per heavy atom. The molecule has 1 unspecified atom stereocenters. The molecule has 0 saturated carbocycles. The van der Waals surface area contributed by atoms with E-state index in [1.54, 1.807) is 17.0 Å². The lowest BCUT2D eigenvalue weighted by Crippen LogP contribution is -2.48. The Labute approximate surface area is 122 Å². The van der Waals surface area contributed by atoms with Gasteiger partial charge in [-0.2, -0.15) is 0 Å². The molecule has 1 rings (SSSR count). The minimum atomic E-state index is -3.06. The quantitative estimate of drug-likeness (QED) is 0.657. The predicted molar refractivity (Wildman–Crippen MR) is 79.9 cm³/mol. The van der Waals surface area contributed by atoms with E-state index in [9.17, 15) is 8.42 Å². The molecule has 0 aromatic carbocycles. The van der Waals surface area contributed by atoms with Crippen LogP contribution >= 0.6 is 0 Å². The zero-order valence-electron chi connectivity index (χ0n) is 12.7. The van der Waals surface area contributed by atoms with Crippen LogP contribution < -0.4 is 9.57 Å². The minimum absolute atomic E-state index is 0.000405. The highest BCUT2D eigenvalue weighted by molar-refractivity contribution is 7.89. The molecule has 0 N–H and O–H groups in total. The molecule has 1 atom stereocenters. The average Bonchev–Trinajstić information content (AvgIpc) is 2.39. The normalized spacial score (nSPS) is 13.2. The molecular formula is C15H26NO3S+. The van der Waals surface area contributed by atoms with Crippen LogP contribution in [0.3, 0.4) is 0 Å². The molecule has 0 aliphatic heterocycles. The number of rotatable bonds is 9. The molecule has 0 aliphatic carbocycles. The Morgan fingerprint density at radius 1 is 1.30 bits per heavy atom. The van der Waals surface area contributed by atoms with Crippen LogP contribution in [0.25, 0.3) is 0 Å². The van der Waals surface area contributed by atoms with Crippen molar-refractivity contribution in [2.24, 2.45) is 5.92 Å². The SMILES string of the molecule is CCCCC(CC)CO[n+]1ccccc1CS(C)(=O)=O. The summed E-state index contributed by atoms with van der Waals surface area (Å²) in [5, 5.41) is 0. The van der Waals surface area contributed by atoms with Crippen molar-refractivity contribution in [1.82, 2.24) is 0 Å². The summed E-state index contributed by atoms with van der Waals surface area (Å²) in [6.45, 7) is 4.97. The number of hydrogen-bond acceptors (Lipinski definition) is 3. The van der Waals surface area contributed by atoms with Crippen LogP contribution in [0.2, 0.25) is 0 Å². The van der Waals surface area contributed by atoms with Crippen molar-refractivity contribution < 1.29 is 18.0 Å². The molecule has 0 aliphatic rings. The summed E-state index contributed by atoms with van der Waals surface area (Å²) >= 11 is 0. The molecular weight excluding hydrogens is 274 g/mol. The third-order valence-corrected chi connectivity index (χ3v) is 4.13. The molecule has 4 nitrogen and oxygen atoms in total. The molecule has 0 radical (unpaired) electrons. The second-order valence-electron chi connectivity index (χ2n) is 5.30. The smallest absolute Gasteiger partial charge is 0.249 e. The lowest BCUT2D eigenvalue weighted by Gasteiger charge is -2.12. The first-order valence-electron chi connectivity index (χ1n) is 7.26. The first kappa shape index (κ1) is 17.0. The summed E-state index contributed by atoms with van der Waals surface area (Å²) in [5.74, 6) is 0.522. The maximum absolute atomic E-state index is 11.4. The fourth-order valence-corrected chi connectivity index (χ4v) is 2.81. The van der Waals surface area contributed by atoms with Gasteiger partial charge in [0.25, 0.3) is 0 Å². The third kappa shape index (κ3) is 6.37. The van der Waals surface area contributed by atoms with Gasteiger partial charge in [-0.15, -0.1) is 0 Å². The van der Waals surface area contributed by atoms with Crippen molar-refractivity contribution in [3.8, 4) is 0 Å². The lowest BCUT2D eigenvalue weighted by atomic mass is 10.0. The van der Waals surface area contributed by atoms with Crippen LogP contribution in [-0.4, -0.2) is 21.3 Å².